The van der Waals surface area contributed by atoms with Gasteiger partial charge in [0.05, 0.1) is 4.92 Å². The van der Waals surface area contributed by atoms with E-state index in [1.807, 2.05) is 55.5 Å². The first-order chi connectivity index (χ1) is 12.1. The maximum absolute atomic E-state index is 11.4. The van der Waals surface area contributed by atoms with E-state index in [4.69, 9.17) is 4.74 Å². The van der Waals surface area contributed by atoms with Crippen molar-refractivity contribution in [3.63, 3.8) is 0 Å². The second-order valence-corrected chi connectivity index (χ2v) is 5.45. The van der Waals surface area contributed by atoms with Crippen molar-refractivity contribution in [3.05, 3.63) is 70.4 Å². The van der Waals surface area contributed by atoms with Crippen molar-refractivity contribution in [2.75, 3.05) is 5.32 Å². The van der Waals surface area contributed by atoms with Crippen molar-refractivity contribution in [2.45, 2.75) is 13.3 Å². The number of anilines is 2. The molecule has 7 heteroatoms. The second kappa shape index (κ2) is 7.04. The quantitative estimate of drug-likeness (QED) is 0.531. The van der Waals surface area contributed by atoms with Crippen LogP contribution < -0.4 is 10.1 Å². The highest BCUT2D eigenvalue weighted by atomic mass is 16.6. The minimum Gasteiger partial charge on any atom is -0.457 e. The number of nitro groups is 1. The van der Waals surface area contributed by atoms with Gasteiger partial charge >= 0.3 is 5.69 Å². The van der Waals surface area contributed by atoms with Crippen LogP contribution in [0.25, 0.3) is 0 Å². The molecule has 0 fully saturated rings. The van der Waals surface area contributed by atoms with Gasteiger partial charge in [0.25, 0.3) is 0 Å². The van der Waals surface area contributed by atoms with Crippen LogP contribution in [0.4, 0.5) is 17.2 Å². The van der Waals surface area contributed by atoms with Gasteiger partial charge < -0.3 is 10.1 Å². The zero-order valence-corrected chi connectivity index (χ0v) is 14.0. The van der Waals surface area contributed by atoms with Crippen LogP contribution in [-0.4, -0.2) is 14.7 Å². The molecular formula is C18H18N4O3. The normalized spacial score (nSPS) is 10.5. The Bertz CT molecular complexity index is 891. The molecule has 0 aliphatic heterocycles. The summed E-state index contributed by atoms with van der Waals surface area (Å²) in [6.07, 6.45) is 0.489. The fourth-order valence-corrected chi connectivity index (χ4v) is 2.54. The maximum atomic E-state index is 11.4. The average Bonchev–Trinajstić information content (AvgIpc) is 2.92. The van der Waals surface area contributed by atoms with E-state index in [1.165, 1.54) is 4.68 Å². The van der Waals surface area contributed by atoms with E-state index < -0.39 is 4.92 Å². The SMILES string of the molecule is CCc1nn(C)c(Nc2cccc(Oc3ccccc3)c2)c1[N+](=O)[O-]. The fraction of sp³-hybridized carbons (Fsp3) is 0.167. The number of nitrogens with zero attached hydrogens (tertiary/aromatic N) is 3. The lowest BCUT2D eigenvalue weighted by Crippen LogP contribution is -2.01. The van der Waals surface area contributed by atoms with Crippen molar-refractivity contribution in [3.8, 4) is 11.5 Å². The van der Waals surface area contributed by atoms with Gasteiger partial charge in [-0.2, -0.15) is 5.10 Å². The van der Waals surface area contributed by atoms with Gasteiger partial charge in [-0.05, 0) is 30.7 Å². The van der Waals surface area contributed by atoms with Crippen LogP contribution in [0.1, 0.15) is 12.6 Å². The van der Waals surface area contributed by atoms with Gasteiger partial charge in [-0.1, -0.05) is 31.2 Å². The van der Waals surface area contributed by atoms with Crippen molar-refractivity contribution in [2.24, 2.45) is 7.05 Å². The highest BCUT2D eigenvalue weighted by Crippen LogP contribution is 2.32. The largest absolute Gasteiger partial charge is 0.457 e. The molecule has 0 saturated heterocycles. The van der Waals surface area contributed by atoms with E-state index in [0.29, 0.717) is 29.4 Å². The molecule has 1 aromatic heterocycles. The lowest BCUT2D eigenvalue weighted by Gasteiger charge is -2.09. The summed E-state index contributed by atoms with van der Waals surface area (Å²) in [5, 5.41) is 18.7. The minimum atomic E-state index is -0.404. The van der Waals surface area contributed by atoms with Crippen molar-refractivity contribution in [1.29, 1.82) is 0 Å². The highest BCUT2D eigenvalue weighted by Gasteiger charge is 2.25. The number of rotatable bonds is 6. The third-order valence-corrected chi connectivity index (χ3v) is 3.69. The van der Waals surface area contributed by atoms with Crippen LogP contribution in [0.2, 0.25) is 0 Å². The van der Waals surface area contributed by atoms with Crippen molar-refractivity contribution < 1.29 is 9.66 Å². The molecule has 0 saturated carbocycles. The van der Waals surface area contributed by atoms with Crippen molar-refractivity contribution in [1.82, 2.24) is 9.78 Å². The number of para-hydroxylation sites is 1. The number of ether oxygens (including phenoxy) is 1. The van der Waals surface area contributed by atoms with Crippen LogP contribution in [0, 0.1) is 10.1 Å². The van der Waals surface area contributed by atoms with Gasteiger partial charge in [0.1, 0.15) is 17.2 Å². The number of hydrogen-bond acceptors (Lipinski definition) is 5. The molecule has 0 unspecified atom stereocenters. The second-order valence-electron chi connectivity index (χ2n) is 5.45. The summed E-state index contributed by atoms with van der Waals surface area (Å²) in [6, 6.07) is 16.7. The van der Waals surface area contributed by atoms with Crippen LogP contribution in [0.5, 0.6) is 11.5 Å². The third kappa shape index (κ3) is 3.60. The Labute approximate surface area is 145 Å². The molecule has 0 amide bonds. The van der Waals surface area contributed by atoms with Crippen LogP contribution in [0.15, 0.2) is 54.6 Å². The zero-order valence-electron chi connectivity index (χ0n) is 14.0. The summed E-state index contributed by atoms with van der Waals surface area (Å²) in [5.41, 5.74) is 1.13. The first-order valence-electron chi connectivity index (χ1n) is 7.88. The minimum absolute atomic E-state index is 0.000573. The monoisotopic (exact) mass is 338 g/mol. The molecular weight excluding hydrogens is 320 g/mol. The first-order valence-corrected chi connectivity index (χ1v) is 7.88. The van der Waals surface area contributed by atoms with Gasteiger partial charge in [0.2, 0.25) is 5.82 Å². The summed E-state index contributed by atoms with van der Waals surface area (Å²) < 4.78 is 7.28. The molecule has 0 atom stereocenters. The van der Waals surface area contributed by atoms with E-state index in [2.05, 4.69) is 10.4 Å². The molecule has 2 aromatic carbocycles. The molecule has 25 heavy (non-hydrogen) atoms. The molecule has 0 spiro atoms. The van der Waals surface area contributed by atoms with Gasteiger partial charge in [-0.15, -0.1) is 0 Å². The zero-order chi connectivity index (χ0) is 17.8. The topological polar surface area (TPSA) is 82.2 Å². The standard InChI is InChI=1S/C18H18N4O3/c1-3-16-17(22(23)24)18(21(2)20-16)19-13-8-7-11-15(12-13)25-14-9-5-4-6-10-14/h4-12,19H,3H2,1-2H3. The van der Waals surface area contributed by atoms with Crippen LogP contribution >= 0.6 is 0 Å². The Morgan fingerprint density at radius 3 is 2.56 bits per heavy atom. The molecule has 1 heterocycles. The lowest BCUT2D eigenvalue weighted by molar-refractivity contribution is -0.384. The molecule has 3 rings (SSSR count). The number of hydrogen-bond donors (Lipinski definition) is 1. The van der Waals surface area contributed by atoms with Gasteiger partial charge in [-0.3, -0.25) is 10.1 Å². The Balaban J connectivity index is 1.88. The predicted molar refractivity (Wildman–Crippen MR) is 95.5 cm³/mol. The molecule has 0 aliphatic carbocycles. The Kier molecular flexibility index (Phi) is 4.65. The van der Waals surface area contributed by atoms with Crippen LogP contribution in [-0.2, 0) is 13.5 Å². The maximum Gasteiger partial charge on any atom is 0.334 e. The first kappa shape index (κ1) is 16.5. The molecule has 0 radical (unpaired) electrons. The molecule has 3 aromatic rings. The molecule has 0 bridgehead atoms. The Morgan fingerprint density at radius 2 is 1.88 bits per heavy atom. The average molecular weight is 338 g/mol. The number of nitrogens with one attached hydrogen (secondary N) is 1. The van der Waals surface area contributed by atoms with E-state index >= 15 is 0 Å². The molecule has 128 valence electrons. The van der Waals surface area contributed by atoms with Gasteiger partial charge in [0.15, 0.2) is 0 Å². The Morgan fingerprint density at radius 1 is 1.16 bits per heavy atom. The predicted octanol–water partition coefficient (Wildman–Crippen LogP) is 4.43. The van der Waals surface area contributed by atoms with E-state index in [0.717, 1.165) is 5.75 Å². The number of benzene rings is 2. The number of aryl methyl sites for hydroxylation is 2. The van der Waals surface area contributed by atoms with Crippen molar-refractivity contribution >= 4 is 17.2 Å². The lowest BCUT2D eigenvalue weighted by atomic mass is 10.2. The molecule has 0 aliphatic rings. The Hall–Kier alpha value is -3.35. The van der Waals surface area contributed by atoms with E-state index in [-0.39, 0.29) is 5.69 Å². The summed E-state index contributed by atoms with van der Waals surface area (Å²) in [5.74, 6) is 1.70. The summed E-state index contributed by atoms with van der Waals surface area (Å²) in [4.78, 5) is 11.0. The van der Waals surface area contributed by atoms with E-state index in [1.54, 1.807) is 13.1 Å². The van der Waals surface area contributed by atoms with Crippen LogP contribution in [0.3, 0.4) is 0 Å². The van der Waals surface area contributed by atoms with Gasteiger partial charge in [-0.25, -0.2) is 4.68 Å². The summed E-state index contributed by atoms with van der Waals surface area (Å²) in [7, 11) is 1.68. The highest BCUT2D eigenvalue weighted by molar-refractivity contribution is 5.68. The van der Waals surface area contributed by atoms with E-state index in [9.17, 15) is 10.1 Å². The number of aromatic nitrogens is 2. The summed E-state index contributed by atoms with van der Waals surface area (Å²) >= 11 is 0. The fourth-order valence-electron chi connectivity index (χ4n) is 2.54. The third-order valence-electron chi connectivity index (χ3n) is 3.69. The smallest absolute Gasteiger partial charge is 0.334 e. The molecule has 1 N–H and O–H groups in total. The summed E-state index contributed by atoms with van der Waals surface area (Å²) in [6.45, 7) is 1.84. The van der Waals surface area contributed by atoms with Gasteiger partial charge in [0, 0.05) is 18.8 Å². The molecule has 7 nitrogen and oxygen atoms in total.